The van der Waals surface area contributed by atoms with E-state index in [-0.39, 0.29) is 5.91 Å². The van der Waals surface area contributed by atoms with Gasteiger partial charge in [-0.3, -0.25) is 14.5 Å². The molecule has 0 saturated heterocycles. The number of hydrogen-bond donors (Lipinski definition) is 2. The average molecular weight is 456 g/mol. The molecule has 4 aromatic rings. The Balaban J connectivity index is 1.49. The zero-order valence-electron chi connectivity index (χ0n) is 19.8. The van der Waals surface area contributed by atoms with Crippen LogP contribution >= 0.6 is 0 Å². The molecule has 5 rings (SSSR count). The number of benzene rings is 2. The summed E-state index contributed by atoms with van der Waals surface area (Å²) in [5.41, 5.74) is 5.01. The van der Waals surface area contributed by atoms with Crippen molar-refractivity contribution < 1.29 is 9.53 Å². The van der Waals surface area contributed by atoms with E-state index in [1.165, 1.54) is 0 Å². The van der Waals surface area contributed by atoms with Gasteiger partial charge < -0.3 is 15.4 Å². The standard InChI is InChI=1S/C27H29N5O2/c1-18-6-7-20(34-14-12-28-2)17-22(18)26(33)30-27(9-10-27)23-15-19(24-8-13-32(3)31-24)16-25-21(23)5-4-11-29-25/h4-8,11,13,15-17,28H,9-10,12,14H2,1-3H3,(H,30,33). The highest BCUT2D eigenvalue weighted by Crippen LogP contribution is 2.49. The Morgan fingerprint density at radius 2 is 2.03 bits per heavy atom. The van der Waals surface area contributed by atoms with E-state index < -0.39 is 5.54 Å². The number of ether oxygens (including phenoxy) is 1. The van der Waals surface area contributed by atoms with E-state index in [1.807, 2.05) is 57.5 Å². The van der Waals surface area contributed by atoms with Crippen LogP contribution in [-0.2, 0) is 12.6 Å². The lowest BCUT2D eigenvalue weighted by Crippen LogP contribution is -2.35. The van der Waals surface area contributed by atoms with Crippen molar-refractivity contribution in [1.82, 2.24) is 25.4 Å². The lowest BCUT2D eigenvalue weighted by atomic mass is 9.95. The molecule has 0 aliphatic heterocycles. The molecule has 2 N–H and O–H groups in total. The maximum absolute atomic E-state index is 13.5. The van der Waals surface area contributed by atoms with E-state index in [1.54, 1.807) is 10.9 Å². The molecule has 1 aliphatic carbocycles. The predicted molar refractivity (Wildman–Crippen MR) is 133 cm³/mol. The van der Waals surface area contributed by atoms with Crippen molar-refractivity contribution in [3.63, 3.8) is 0 Å². The zero-order valence-corrected chi connectivity index (χ0v) is 19.8. The normalized spacial score (nSPS) is 14.2. The number of hydrogen-bond acceptors (Lipinski definition) is 5. The fourth-order valence-corrected chi connectivity index (χ4v) is 4.37. The number of nitrogens with zero attached hydrogens (tertiary/aromatic N) is 3. The molecule has 2 aromatic carbocycles. The fraction of sp³-hybridized carbons (Fsp3) is 0.296. The van der Waals surface area contributed by atoms with Gasteiger partial charge in [-0.1, -0.05) is 12.1 Å². The molecule has 34 heavy (non-hydrogen) atoms. The minimum absolute atomic E-state index is 0.0886. The molecule has 0 radical (unpaired) electrons. The summed E-state index contributed by atoms with van der Waals surface area (Å²) in [5.74, 6) is 0.608. The maximum Gasteiger partial charge on any atom is 0.252 e. The van der Waals surface area contributed by atoms with Gasteiger partial charge in [0.25, 0.3) is 5.91 Å². The van der Waals surface area contributed by atoms with Gasteiger partial charge in [0.15, 0.2) is 0 Å². The van der Waals surface area contributed by atoms with E-state index in [0.29, 0.717) is 17.9 Å². The molecule has 1 aliphatic rings. The second-order valence-electron chi connectivity index (χ2n) is 8.93. The second kappa shape index (κ2) is 8.91. The largest absolute Gasteiger partial charge is 0.492 e. The molecule has 0 bridgehead atoms. The van der Waals surface area contributed by atoms with Crippen molar-refractivity contribution in [3.05, 3.63) is 77.6 Å². The lowest BCUT2D eigenvalue weighted by Gasteiger charge is -2.22. The van der Waals surface area contributed by atoms with Gasteiger partial charge >= 0.3 is 0 Å². The van der Waals surface area contributed by atoms with E-state index in [0.717, 1.165) is 52.7 Å². The first-order valence-electron chi connectivity index (χ1n) is 11.6. The van der Waals surface area contributed by atoms with Crippen LogP contribution in [0.3, 0.4) is 0 Å². The number of nitrogens with one attached hydrogen (secondary N) is 2. The van der Waals surface area contributed by atoms with Crippen LogP contribution in [0, 0.1) is 6.92 Å². The molecule has 2 heterocycles. The monoisotopic (exact) mass is 455 g/mol. The third-order valence-electron chi connectivity index (χ3n) is 6.42. The zero-order chi connectivity index (χ0) is 23.7. The summed E-state index contributed by atoms with van der Waals surface area (Å²) in [6, 6.07) is 15.9. The molecule has 1 saturated carbocycles. The van der Waals surface area contributed by atoms with Crippen molar-refractivity contribution in [1.29, 1.82) is 0 Å². The van der Waals surface area contributed by atoms with Crippen molar-refractivity contribution >= 4 is 16.8 Å². The second-order valence-corrected chi connectivity index (χ2v) is 8.93. The summed E-state index contributed by atoms with van der Waals surface area (Å²) in [6.45, 7) is 3.24. The van der Waals surface area contributed by atoms with Crippen LogP contribution in [0.5, 0.6) is 5.75 Å². The van der Waals surface area contributed by atoms with Crippen LogP contribution in [0.25, 0.3) is 22.2 Å². The number of aryl methyl sites for hydroxylation is 2. The molecule has 2 aromatic heterocycles. The van der Waals surface area contributed by atoms with Crippen LogP contribution < -0.4 is 15.4 Å². The van der Waals surface area contributed by atoms with Gasteiger partial charge in [-0.15, -0.1) is 0 Å². The molecule has 0 spiro atoms. The Kier molecular flexibility index (Phi) is 5.79. The number of pyridine rings is 1. The first-order valence-corrected chi connectivity index (χ1v) is 11.6. The summed E-state index contributed by atoms with van der Waals surface area (Å²) in [6.07, 6.45) is 5.49. The molecular weight excluding hydrogens is 426 g/mol. The molecule has 1 fully saturated rings. The summed E-state index contributed by atoms with van der Waals surface area (Å²) in [4.78, 5) is 18.1. The summed E-state index contributed by atoms with van der Waals surface area (Å²) in [7, 11) is 3.79. The maximum atomic E-state index is 13.5. The van der Waals surface area contributed by atoms with Gasteiger partial charge in [-0.25, -0.2) is 0 Å². The van der Waals surface area contributed by atoms with Crippen LogP contribution in [0.1, 0.15) is 34.3 Å². The van der Waals surface area contributed by atoms with Gasteiger partial charge in [0.1, 0.15) is 12.4 Å². The Morgan fingerprint density at radius 3 is 2.76 bits per heavy atom. The van der Waals surface area contributed by atoms with Crippen LogP contribution in [0.2, 0.25) is 0 Å². The van der Waals surface area contributed by atoms with E-state index in [2.05, 4.69) is 38.9 Å². The van der Waals surface area contributed by atoms with E-state index >= 15 is 0 Å². The van der Waals surface area contributed by atoms with Gasteiger partial charge in [-0.05, 0) is 74.3 Å². The first kappa shape index (κ1) is 22.1. The third-order valence-corrected chi connectivity index (χ3v) is 6.42. The van der Waals surface area contributed by atoms with Crippen LogP contribution in [0.15, 0.2) is 60.9 Å². The summed E-state index contributed by atoms with van der Waals surface area (Å²) >= 11 is 0. The van der Waals surface area contributed by atoms with Gasteiger partial charge in [-0.2, -0.15) is 5.10 Å². The van der Waals surface area contributed by atoms with Crippen molar-refractivity contribution in [2.45, 2.75) is 25.3 Å². The summed E-state index contributed by atoms with van der Waals surface area (Å²) < 4.78 is 7.58. The van der Waals surface area contributed by atoms with Gasteiger partial charge in [0, 0.05) is 42.5 Å². The molecule has 1 amide bonds. The van der Waals surface area contributed by atoms with E-state index in [9.17, 15) is 4.79 Å². The Labute approximate surface area is 199 Å². The lowest BCUT2D eigenvalue weighted by molar-refractivity contribution is 0.0930. The van der Waals surface area contributed by atoms with Gasteiger partial charge in [0.2, 0.25) is 0 Å². The highest BCUT2D eigenvalue weighted by atomic mass is 16.5. The molecule has 0 atom stereocenters. The highest BCUT2D eigenvalue weighted by molar-refractivity contribution is 5.98. The Bertz CT molecular complexity index is 1360. The predicted octanol–water partition coefficient (Wildman–Crippen LogP) is 3.96. The summed E-state index contributed by atoms with van der Waals surface area (Å²) in [5, 5.41) is 12.0. The number of likely N-dealkylation sites (N-methyl/N-ethyl adjacent to an activating group) is 1. The van der Waals surface area contributed by atoms with Crippen LogP contribution in [-0.4, -0.2) is 40.9 Å². The van der Waals surface area contributed by atoms with E-state index in [4.69, 9.17) is 4.74 Å². The average Bonchev–Trinajstić information content (AvgIpc) is 3.49. The minimum atomic E-state index is -0.418. The van der Waals surface area contributed by atoms with Crippen LogP contribution in [0.4, 0.5) is 0 Å². The fourth-order valence-electron chi connectivity index (χ4n) is 4.37. The number of carbonyl (C=O) groups is 1. The quantitative estimate of drug-likeness (QED) is 0.393. The van der Waals surface area contributed by atoms with Crippen molar-refractivity contribution in [2.75, 3.05) is 20.2 Å². The number of carbonyl (C=O) groups excluding carboxylic acids is 1. The van der Waals surface area contributed by atoms with Gasteiger partial charge in [0.05, 0.1) is 16.7 Å². The van der Waals surface area contributed by atoms with Crippen molar-refractivity contribution in [3.8, 4) is 17.0 Å². The molecule has 0 unspecified atom stereocenters. The molecular formula is C27H29N5O2. The Hall–Kier alpha value is -3.71. The molecule has 7 heteroatoms. The number of amides is 1. The smallest absolute Gasteiger partial charge is 0.252 e. The minimum Gasteiger partial charge on any atom is -0.492 e. The van der Waals surface area contributed by atoms with Crippen molar-refractivity contribution in [2.24, 2.45) is 7.05 Å². The Morgan fingerprint density at radius 1 is 1.18 bits per heavy atom. The number of rotatable bonds is 8. The number of aromatic nitrogens is 3. The number of fused-ring (bicyclic) bond motifs is 1. The molecule has 174 valence electrons. The SMILES string of the molecule is CNCCOc1ccc(C)c(C(=O)NC2(c3cc(-c4ccn(C)n4)cc4ncccc34)CC2)c1. The molecule has 7 nitrogen and oxygen atoms in total. The first-order chi connectivity index (χ1) is 16.5. The third kappa shape index (κ3) is 4.26. The topological polar surface area (TPSA) is 81.1 Å². The highest BCUT2D eigenvalue weighted by Gasteiger charge is 2.47.